The lowest BCUT2D eigenvalue weighted by atomic mass is 9.92. The van der Waals surface area contributed by atoms with Crippen molar-refractivity contribution in [1.82, 2.24) is 10.3 Å². The normalized spacial score (nSPS) is 11.5. The molecule has 118 valence electrons. The minimum atomic E-state index is -0.280. The molecule has 1 aromatic carbocycles. The van der Waals surface area contributed by atoms with Crippen molar-refractivity contribution in [3.05, 3.63) is 24.1 Å². The summed E-state index contributed by atoms with van der Waals surface area (Å²) in [5.74, 6) is 0.162. The van der Waals surface area contributed by atoms with Gasteiger partial charge in [-0.3, -0.25) is 9.59 Å². The van der Waals surface area contributed by atoms with Gasteiger partial charge in [-0.2, -0.15) is 0 Å². The summed E-state index contributed by atoms with van der Waals surface area (Å²) in [6, 6.07) is 5.24. The Bertz CT molecular complexity index is 698. The van der Waals surface area contributed by atoms with Gasteiger partial charge in [-0.15, -0.1) is 0 Å². The number of carbonyl (C=O) groups is 2. The molecule has 22 heavy (non-hydrogen) atoms. The average Bonchev–Trinajstić information content (AvgIpc) is 2.74. The van der Waals surface area contributed by atoms with E-state index in [0.29, 0.717) is 23.6 Å². The van der Waals surface area contributed by atoms with Crippen molar-refractivity contribution in [2.75, 3.05) is 11.9 Å². The number of aryl methyl sites for hydroxylation is 1. The van der Waals surface area contributed by atoms with Crippen LogP contribution in [0.25, 0.3) is 11.1 Å². The lowest BCUT2D eigenvalue weighted by Gasteiger charge is -2.17. The van der Waals surface area contributed by atoms with Crippen LogP contribution in [0.5, 0.6) is 0 Å². The maximum atomic E-state index is 11.9. The molecular weight excluding hydrogens is 282 g/mol. The highest BCUT2D eigenvalue weighted by molar-refractivity contribution is 5.95. The molecule has 0 saturated heterocycles. The summed E-state index contributed by atoms with van der Waals surface area (Å²) in [4.78, 5) is 27.7. The molecule has 1 heterocycles. The number of rotatable bonds is 4. The maximum Gasteiger partial charge on any atom is 0.243 e. The average molecular weight is 303 g/mol. The van der Waals surface area contributed by atoms with E-state index >= 15 is 0 Å². The fraction of sp³-hybridized carbons (Fsp3) is 0.438. The smallest absolute Gasteiger partial charge is 0.243 e. The van der Waals surface area contributed by atoms with Crippen molar-refractivity contribution in [3.8, 4) is 0 Å². The molecule has 0 spiro atoms. The third kappa shape index (κ3) is 4.58. The van der Waals surface area contributed by atoms with Gasteiger partial charge in [-0.1, -0.05) is 20.8 Å². The quantitative estimate of drug-likeness (QED) is 0.909. The van der Waals surface area contributed by atoms with Gasteiger partial charge >= 0.3 is 0 Å². The SMILES string of the molecule is Cc1nc2ccc(NC(=O)CNC(=O)CC(C)(C)C)cc2o1. The summed E-state index contributed by atoms with van der Waals surface area (Å²) in [5, 5.41) is 5.33. The molecule has 0 aliphatic heterocycles. The zero-order valence-corrected chi connectivity index (χ0v) is 13.3. The van der Waals surface area contributed by atoms with Gasteiger partial charge in [-0.25, -0.2) is 4.98 Å². The van der Waals surface area contributed by atoms with E-state index in [2.05, 4.69) is 15.6 Å². The van der Waals surface area contributed by atoms with Gasteiger partial charge < -0.3 is 15.1 Å². The Balaban J connectivity index is 1.89. The largest absolute Gasteiger partial charge is 0.441 e. The topological polar surface area (TPSA) is 84.2 Å². The second-order valence-corrected chi connectivity index (χ2v) is 6.48. The minimum Gasteiger partial charge on any atom is -0.441 e. The summed E-state index contributed by atoms with van der Waals surface area (Å²) in [7, 11) is 0. The first kappa shape index (κ1) is 16.0. The summed E-state index contributed by atoms with van der Waals surface area (Å²) in [6.07, 6.45) is 0.379. The van der Waals surface area contributed by atoms with Crippen LogP contribution in [-0.2, 0) is 9.59 Å². The number of benzene rings is 1. The number of oxazole rings is 1. The van der Waals surface area contributed by atoms with Crippen LogP contribution >= 0.6 is 0 Å². The van der Waals surface area contributed by atoms with Crippen molar-refractivity contribution in [3.63, 3.8) is 0 Å². The third-order valence-corrected chi connectivity index (χ3v) is 2.92. The number of hydrogen-bond acceptors (Lipinski definition) is 4. The van der Waals surface area contributed by atoms with Gasteiger partial charge in [0.25, 0.3) is 0 Å². The second kappa shape index (κ2) is 6.17. The van der Waals surface area contributed by atoms with Gasteiger partial charge in [0.1, 0.15) is 5.52 Å². The fourth-order valence-corrected chi connectivity index (χ4v) is 2.05. The van der Waals surface area contributed by atoms with Crippen LogP contribution in [0.15, 0.2) is 22.6 Å². The van der Waals surface area contributed by atoms with Gasteiger partial charge in [0.15, 0.2) is 11.5 Å². The molecule has 0 aliphatic rings. The minimum absolute atomic E-state index is 0.0532. The van der Waals surface area contributed by atoms with Gasteiger partial charge in [-0.05, 0) is 17.5 Å². The monoisotopic (exact) mass is 303 g/mol. The van der Waals surface area contributed by atoms with E-state index in [1.165, 1.54) is 0 Å². The number of aromatic nitrogens is 1. The standard InChI is InChI=1S/C16H21N3O3/c1-10-18-12-6-5-11(7-13(12)22-10)19-15(21)9-17-14(20)8-16(2,3)4/h5-7H,8-9H2,1-4H3,(H,17,20)(H,19,21). The number of nitrogens with one attached hydrogen (secondary N) is 2. The molecule has 6 heteroatoms. The zero-order chi connectivity index (χ0) is 16.3. The van der Waals surface area contributed by atoms with Crippen molar-refractivity contribution < 1.29 is 14.0 Å². The predicted molar refractivity (Wildman–Crippen MR) is 84.5 cm³/mol. The molecule has 0 bridgehead atoms. The van der Waals surface area contributed by atoms with Crippen molar-refractivity contribution in [2.24, 2.45) is 5.41 Å². The van der Waals surface area contributed by atoms with Crippen molar-refractivity contribution >= 4 is 28.6 Å². The second-order valence-electron chi connectivity index (χ2n) is 6.48. The number of nitrogens with zero attached hydrogens (tertiary/aromatic N) is 1. The first-order chi connectivity index (χ1) is 10.2. The number of amides is 2. The third-order valence-electron chi connectivity index (χ3n) is 2.92. The number of anilines is 1. The lowest BCUT2D eigenvalue weighted by molar-refractivity contribution is -0.125. The zero-order valence-electron chi connectivity index (χ0n) is 13.3. The highest BCUT2D eigenvalue weighted by atomic mass is 16.3. The van der Waals surface area contributed by atoms with Gasteiger partial charge in [0.2, 0.25) is 11.8 Å². The van der Waals surface area contributed by atoms with Crippen molar-refractivity contribution in [2.45, 2.75) is 34.1 Å². The van der Waals surface area contributed by atoms with Crippen LogP contribution in [0.2, 0.25) is 0 Å². The molecule has 0 aliphatic carbocycles. The summed E-state index contributed by atoms with van der Waals surface area (Å²) in [6.45, 7) is 7.63. The van der Waals surface area contributed by atoms with E-state index in [-0.39, 0.29) is 23.8 Å². The molecule has 0 atom stereocenters. The van der Waals surface area contributed by atoms with Crippen LogP contribution in [0.3, 0.4) is 0 Å². The Morgan fingerprint density at radius 1 is 1.23 bits per heavy atom. The lowest BCUT2D eigenvalue weighted by Crippen LogP contribution is -2.34. The Labute approximate surface area is 129 Å². The summed E-state index contributed by atoms with van der Waals surface area (Å²) < 4.78 is 5.41. The van der Waals surface area contributed by atoms with E-state index in [1.807, 2.05) is 20.8 Å². The van der Waals surface area contributed by atoms with E-state index < -0.39 is 0 Å². The van der Waals surface area contributed by atoms with E-state index in [0.717, 1.165) is 5.52 Å². The number of carbonyl (C=O) groups excluding carboxylic acids is 2. The Morgan fingerprint density at radius 3 is 2.64 bits per heavy atom. The summed E-state index contributed by atoms with van der Waals surface area (Å²) in [5.41, 5.74) is 1.87. The van der Waals surface area contributed by atoms with Crippen LogP contribution in [0, 0.1) is 12.3 Å². The molecule has 0 unspecified atom stereocenters. The molecule has 0 radical (unpaired) electrons. The molecule has 1 aromatic heterocycles. The maximum absolute atomic E-state index is 11.9. The van der Waals surface area contributed by atoms with Crippen LogP contribution in [0.4, 0.5) is 5.69 Å². The molecule has 2 N–H and O–H groups in total. The van der Waals surface area contributed by atoms with Crippen molar-refractivity contribution in [1.29, 1.82) is 0 Å². The highest BCUT2D eigenvalue weighted by Gasteiger charge is 2.16. The first-order valence-corrected chi connectivity index (χ1v) is 7.17. The molecule has 2 aromatic rings. The van der Waals surface area contributed by atoms with E-state index in [1.54, 1.807) is 25.1 Å². The Kier molecular flexibility index (Phi) is 4.49. The Hall–Kier alpha value is -2.37. The molecule has 0 saturated carbocycles. The van der Waals surface area contributed by atoms with E-state index in [4.69, 9.17) is 4.42 Å². The van der Waals surface area contributed by atoms with Crippen LogP contribution in [-0.4, -0.2) is 23.3 Å². The summed E-state index contributed by atoms with van der Waals surface area (Å²) >= 11 is 0. The molecule has 2 rings (SSSR count). The molecule has 0 fully saturated rings. The highest BCUT2D eigenvalue weighted by Crippen LogP contribution is 2.20. The van der Waals surface area contributed by atoms with E-state index in [9.17, 15) is 9.59 Å². The molecular formula is C16H21N3O3. The van der Waals surface area contributed by atoms with Crippen LogP contribution < -0.4 is 10.6 Å². The Morgan fingerprint density at radius 2 is 1.95 bits per heavy atom. The molecule has 2 amide bonds. The van der Waals surface area contributed by atoms with Gasteiger partial charge in [0.05, 0.1) is 6.54 Å². The number of fused-ring (bicyclic) bond motifs is 1. The predicted octanol–water partition coefficient (Wildman–Crippen LogP) is 2.63. The van der Waals surface area contributed by atoms with Crippen LogP contribution in [0.1, 0.15) is 33.1 Å². The molecule has 6 nitrogen and oxygen atoms in total. The van der Waals surface area contributed by atoms with Gasteiger partial charge in [0, 0.05) is 25.1 Å². The fourth-order valence-electron chi connectivity index (χ4n) is 2.05. The first-order valence-electron chi connectivity index (χ1n) is 7.17. The number of hydrogen-bond donors (Lipinski definition) is 2.